The minimum Gasteiger partial charge on any atom is -0.361 e. The van der Waals surface area contributed by atoms with Crippen molar-refractivity contribution in [3.63, 3.8) is 0 Å². The summed E-state index contributed by atoms with van der Waals surface area (Å²) in [5.41, 5.74) is -0.865. The van der Waals surface area contributed by atoms with E-state index >= 15 is 0 Å². The Kier molecular flexibility index (Phi) is 4.03. The topological polar surface area (TPSA) is 62.0 Å². The SMILES string of the molecule is CCC(C)NS(=O)(=O)c1cc(C(F)(F)F)cc2[nH]ccc12. The number of fused-ring (bicyclic) bond motifs is 1. The number of sulfonamides is 1. The molecule has 1 atom stereocenters. The Morgan fingerprint density at radius 3 is 2.57 bits per heavy atom. The highest BCUT2D eigenvalue weighted by molar-refractivity contribution is 7.89. The van der Waals surface area contributed by atoms with Gasteiger partial charge in [-0.1, -0.05) is 6.92 Å². The molecule has 116 valence electrons. The molecule has 2 rings (SSSR count). The number of aromatic amines is 1. The smallest absolute Gasteiger partial charge is 0.361 e. The van der Waals surface area contributed by atoms with Crippen molar-refractivity contribution in [3.8, 4) is 0 Å². The van der Waals surface area contributed by atoms with Crippen LogP contribution >= 0.6 is 0 Å². The highest BCUT2D eigenvalue weighted by Gasteiger charge is 2.33. The summed E-state index contributed by atoms with van der Waals surface area (Å²) in [6.45, 7) is 3.44. The summed E-state index contributed by atoms with van der Waals surface area (Å²) in [7, 11) is -4.02. The van der Waals surface area contributed by atoms with Crippen LogP contribution in [0.5, 0.6) is 0 Å². The number of H-pyrrole nitrogens is 1. The Morgan fingerprint density at radius 2 is 2.00 bits per heavy atom. The average Bonchev–Trinajstić information content (AvgIpc) is 2.83. The molecule has 1 heterocycles. The molecule has 0 aliphatic heterocycles. The van der Waals surface area contributed by atoms with Gasteiger partial charge in [0.05, 0.1) is 10.5 Å². The number of halogens is 3. The van der Waals surface area contributed by atoms with Gasteiger partial charge in [-0.05, 0) is 31.5 Å². The molecule has 1 aromatic carbocycles. The van der Waals surface area contributed by atoms with Gasteiger partial charge >= 0.3 is 6.18 Å². The van der Waals surface area contributed by atoms with Crippen molar-refractivity contribution in [2.75, 3.05) is 0 Å². The zero-order chi connectivity index (χ0) is 15.8. The molecule has 0 fully saturated rings. The lowest BCUT2D eigenvalue weighted by Crippen LogP contribution is -2.32. The Morgan fingerprint density at radius 1 is 1.33 bits per heavy atom. The molecule has 0 bridgehead atoms. The molecule has 2 N–H and O–H groups in total. The molecule has 4 nitrogen and oxygen atoms in total. The zero-order valence-corrected chi connectivity index (χ0v) is 12.3. The number of alkyl halides is 3. The van der Waals surface area contributed by atoms with Gasteiger partial charge in [0.15, 0.2) is 0 Å². The first kappa shape index (κ1) is 15.8. The lowest BCUT2D eigenvalue weighted by molar-refractivity contribution is -0.137. The van der Waals surface area contributed by atoms with Crippen LogP contribution in [-0.4, -0.2) is 19.4 Å². The Balaban J connectivity index is 2.64. The van der Waals surface area contributed by atoms with Crippen LogP contribution in [0.4, 0.5) is 13.2 Å². The summed E-state index contributed by atoms with van der Waals surface area (Å²) in [4.78, 5) is 2.25. The molecule has 0 saturated carbocycles. The van der Waals surface area contributed by atoms with Gasteiger partial charge in [0.1, 0.15) is 0 Å². The molecular formula is C13H15F3N2O2S. The molecule has 0 spiro atoms. The van der Waals surface area contributed by atoms with Crippen LogP contribution in [-0.2, 0) is 16.2 Å². The summed E-state index contributed by atoms with van der Waals surface area (Å²) in [5.74, 6) is 0. The van der Waals surface area contributed by atoms with Gasteiger partial charge < -0.3 is 4.98 Å². The third-order valence-corrected chi connectivity index (χ3v) is 4.85. The molecule has 0 saturated heterocycles. The number of hydrogen-bond acceptors (Lipinski definition) is 2. The maximum atomic E-state index is 12.9. The minimum atomic E-state index is -4.61. The van der Waals surface area contributed by atoms with E-state index in [2.05, 4.69) is 9.71 Å². The van der Waals surface area contributed by atoms with Crippen LogP contribution in [0, 0.1) is 0 Å². The quantitative estimate of drug-likeness (QED) is 0.908. The van der Waals surface area contributed by atoms with E-state index in [1.807, 2.05) is 0 Å². The first-order valence-electron chi connectivity index (χ1n) is 6.36. The van der Waals surface area contributed by atoms with Gasteiger partial charge in [-0.3, -0.25) is 0 Å². The van der Waals surface area contributed by atoms with Gasteiger partial charge in [0.25, 0.3) is 0 Å². The number of nitrogens with one attached hydrogen (secondary N) is 2. The van der Waals surface area contributed by atoms with E-state index in [1.165, 1.54) is 12.3 Å². The second kappa shape index (κ2) is 5.34. The van der Waals surface area contributed by atoms with Gasteiger partial charge in [-0.15, -0.1) is 0 Å². The van der Waals surface area contributed by atoms with Gasteiger partial charge in [0, 0.05) is 23.1 Å². The van der Waals surface area contributed by atoms with E-state index in [-0.39, 0.29) is 21.8 Å². The van der Waals surface area contributed by atoms with Crippen LogP contribution in [0.2, 0.25) is 0 Å². The largest absolute Gasteiger partial charge is 0.416 e. The van der Waals surface area contributed by atoms with Crippen LogP contribution in [0.25, 0.3) is 10.9 Å². The molecular weight excluding hydrogens is 305 g/mol. The van der Waals surface area contributed by atoms with Crippen molar-refractivity contribution < 1.29 is 21.6 Å². The maximum Gasteiger partial charge on any atom is 0.416 e. The summed E-state index contributed by atoms with van der Waals surface area (Å²) in [5, 5.41) is 0.235. The van der Waals surface area contributed by atoms with Crippen LogP contribution in [0.1, 0.15) is 25.8 Å². The predicted octanol–water partition coefficient (Wildman–Crippen LogP) is 3.26. The number of rotatable bonds is 4. The fourth-order valence-electron chi connectivity index (χ4n) is 1.93. The lowest BCUT2D eigenvalue weighted by atomic mass is 10.1. The predicted molar refractivity (Wildman–Crippen MR) is 73.4 cm³/mol. The second-order valence-electron chi connectivity index (χ2n) is 4.84. The zero-order valence-electron chi connectivity index (χ0n) is 11.5. The third-order valence-electron chi connectivity index (χ3n) is 3.22. The lowest BCUT2D eigenvalue weighted by Gasteiger charge is -2.15. The molecule has 8 heteroatoms. The average molecular weight is 320 g/mol. The standard InChI is InChI=1S/C13H15F3N2O2S/c1-3-8(2)18-21(19,20)12-7-9(13(14,15)16)6-11-10(12)4-5-17-11/h4-8,17-18H,3H2,1-2H3. The molecule has 0 radical (unpaired) electrons. The van der Waals surface area contributed by atoms with E-state index in [0.29, 0.717) is 12.5 Å². The Bertz CT molecular complexity index is 750. The van der Waals surface area contributed by atoms with Gasteiger partial charge in [0.2, 0.25) is 10.0 Å². The van der Waals surface area contributed by atoms with Crippen molar-refractivity contribution >= 4 is 20.9 Å². The molecule has 0 aliphatic rings. The minimum absolute atomic E-state index is 0.134. The normalized spacial score (nSPS) is 14.5. The Hall–Kier alpha value is -1.54. The number of benzene rings is 1. The fraction of sp³-hybridized carbons (Fsp3) is 0.385. The summed E-state index contributed by atoms with van der Waals surface area (Å²) in [6, 6.07) is 2.65. The summed E-state index contributed by atoms with van der Waals surface area (Å²) in [6.07, 6.45) is -2.67. The summed E-state index contributed by atoms with van der Waals surface area (Å²) < 4.78 is 65.6. The molecule has 1 unspecified atom stereocenters. The van der Waals surface area contributed by atoms with E-state index in [4.69, 9.17) is 0 Å². The van der Waals surface area contributed by atoms with Gasteiger partial charge in [-0.25, -0.2) is 13.1 Å². The van der Waals surface area contributed by atoms with E-state index < -0.39 is 21.8 Å². The van der Waals surface area contributed by atoms with Crippen LogP contribution in [0.3, 0.4) is 0 Å². The van der Waals surface area contributed by atoms with Crippen molar-refractivity contribution in [2.45, 2.75) is 37.4 Å². The number of hydrogen-bond donors (Lipinski definition) is 2. The Labute approximate surface area is 120 Å². The van der Waals surface area contributed by atoms with Crippen LogP contribution in [0.15, 0.2) is 29.3 Å². The van der Waals surface area contributed by atoms with Crippen LogP contribution < -0.4 is 4.72 Å². The van der Waals surface area contributed by atoms with Crippen molar-refractivity contribution in [3.05, 3.63) is 30.0 Å². The molecule has 0 amide bonds. The maximum absolute atomic E-state index is 12.9. The van der Waals surface area contributed by atoms with Gasteiger partial charge in [-0.2, -0.15) is 13.2 Å². The first-order chi connectivity index (χ1) is 9.65. The fourth-order valence-corrected chi connectivity index (χ4v) is 3.50. The highest BCUT2D eigenvalue weighted by Crippen LogP contribution is 2.34. The monoisotopic (exact) mass is 320 g/mol. The molecule has 2 aromatic rings. The van der Waals surface area contributed by atoms with E-state index in [0.717, 1.165) is 6.07 Å². The second-order valence-corrected chi connectivity index (χ2v) is 6.52. The van der Waals surface area contributed by atoms with E-state index in [1.54, 1.807) is 13.8 Å². The van der Waals surface area contributed by atoms with Crippen molar-refractivity contribution in [1.82, 2.24) is 9.71 Å². The van der Waals surface area contributed by atoms with E-state index in [9.17, 15) is 21.6 Å². The molecule has 21 heavy (non-hydrogen) atoms. The van der Waals surface area contributed by atoms with Crippen molar-refractivity contribution in [2.24, 2.45) is 0 Å². The third kappa shape index (κ3) is 3.21. The molecule has 0 aliphatic carbocycles. The van der Waals surface area contributed by atoms with Crippen molar-refractivity contribution in [1.29, 1.82) is 0 Å². The number of aromatic nitrogens is 1. The molecule has 1 aromatic heterocycles. The first-order valence-corrected chi connectivity index (χ1v) is 7.84. The summed E-state index contributed by atoms with van der Waals surface area (Å²) >= 11 is 0. The highest BCUT2D eigenvalue weighted by atomic mass is 32.2.